The van der Waals surface area contributed by atoms with Crippen molar-refractivity contribution in [1.29, 1.82) is 0 Å². The molecular formula is C16H27F3N4O4. The van der Waals surface area contributed by atoms with Gasteiger partial charge in [-0.3, -0.25) is 9.78 Å². The molecule has 0 spiro atoms. The van der Waals surface area contributed by atoms with E-state index in [9.17, 15) is 28.2 Å². The second-order valence-electron chi connectivity index (χ2n) is 5.24. The number of carbonyl (C=O) groups excluding carboxylic acids is 1. The Labute approximate surface area is 156 Å². The van der Waals surface area contributed by atoms with Gasteiger partial charge in [-0.1, -0.05) is 20.8 Å². The number of hydrogen-bond acceptors (Lipinski definition) is 7. The number of carbonyl (C=O) groups is 1. The Bertz CT molecular complexity index is 561. The molecule has 0 aromatic carbocycles. The van der Waals surface area contributed by atoms with Gasteiger partial charge < -0.3 is 26.0 Å². The van der Waals surface area contributed by atoms with Crippen molar-refractivity contribution in [2.24, 2.45) is 0 Å². The molecule has 1 aromatic heterocycles. The topological polar surface area (TPSA) is 131 Å². The minimum atomic E-state index is -4.47. The van der Waals surface area contributed by atoms with Crippen LogP contribution in [-0.2, 0) is 15.7 Å². The third-order valence-corrected chi connectivity index (χ3v) is 3.29. The largest absolute Gasteiger partial charge is 0.434 e. The molecule has 0 saturated carbocycles. The van der Waals surface area contributed by atoms with Crippen molar-refractivity contribution in [3.05, 3.63) is 18.1 Å². The molecule has 3 unspecified atom stereocenters. The van der Waals surface area contributed by atoms with Crippen molar-refractivity contribution in [3.8, 4) is 0 Å². The van der Waals surface area contributed by atoms with E-state index in [4.69, 9.17) is 10.5 Å². The van der Waals surface area contributed by atoms with Gasteiger partial charge in [0.2, 0.25) is 5.91 Å². The Morgan fingerprint density at radius 1 is 1.37 bits per heavy atom. The maximum absolute atomic E-state index is 11.8. The number of nitrogen functional groups attached to an aromatic ring is 1. The highest BCUT2D eigenvalue weighted by molar-refractivity contribution is 5.75. The van der Waals surface area contributed by atoms with Crippen LogP contribution in [0.2, 0.25) is 0 Å². The average Bonchev–Trinajstić information content (AvgIpc) is 2.64. The van der Waals surface area contributed by atoms with Crippen LogP contribution in [0.15, 0.2) is 12.4 Å². The van der Waals surface area contributed by atoms with E-state index in [2.05, 4.69) is 15.3 Å². The van der Waals surface area contributed by atoms with E-state index < -0.39 is 30.2 Å². The molecule has 11 heteroatoms. The van der Waals surface area contributed by atoms with Crippen molar-refractivity contribution >= 4 is 11.7 Å². The van der Waals surface area contributed by atoms with Gasteiger partial charge in [-0.05, 0) is 6.42 Å². The van der Waals surface area contributed by atoms with E-state index in [1.165, 1.54) is 0 Å². The predicted octanol–water partition coefficient (Wildman–Crippen LogP) is 1.13. The van der Waals surface area contributed by atoms with E-state index in [1.54, 1.807) is 6.92 Å². The summed E-state index contributed by atoms with van der Waals surface area (Å²) in [5, 5.41) is 21.4. The third kappa shape index (κ3) is 9.50. The number of nitrogens with one attached hydrogen (secondary N) is 1. The number of nitrogens with two attached hydrogens (primary N) is 1. The molecule has 1 aliphatic heterocycles. The van der Waals surface area contributed by atoms with Gasteiger partial charge in [-0.15, -0.1) is 0 Å². The number of rotatable bonds is 3. The van der Waals surface area contributed by atoms with E-state index >= 15 is 0 Å². The van der Waals surface area contributed by atoms with Gasteiger partial charge in [0.15, 0.2) is 5.69 Å². The molecule has 3 atom stereocenters. The number of anilines is 1. The van der Waals surface area contributed by atoms with E-state index in [0.717, 1.165) is 6.20 Å². The van der Waals surface area contributed by atoms with Crippen molar-refractivity contribution < 1.29 is 32.9 Å². The molecule has 0 aliphatic carbocycles. The lowest BCUT2D eigenvalue weighted by atomic mass is 10.0. The summed E-state index contributed by atoms with van der Waals surface area (Å²) in [6.45, 7) is 6.43. The molecule has 0 bridgehead atoms. The summed E-state index contributed by atoms with van der Waals surface area (Å²) in [6.07, 6.45) is -4.08. The normalized spacial score (nSPS) is 21.9. The van der Waals surface area contributed by atoms with Gasteiger partial charge in [0.25, 0.3) is 0 Å². The van der Waals surface area contributed by atoms with Crippen LogP contribution in [0.4, 0.5) is 19.0 Å². The Morgan fingerprint density at radius 3 is 2.48 bits per heavy atom. The summed E-state index contributed by atoms with van der Waals surface area (Å²) in [5.41, 5.74) is 3.91. The van der Waals surface area contributed by atoms with Crippen LogP contribution in [0, 0.1) is 0 Å². The van der Waals surface area contributed by atoms with Gasteiger partial charge in [-0.2, -0.15) is 13.2 Å². The highest BCUT2D eigenvalue weighted by Gasteiger charge is 2.33. The zero-order valence-electron chi connectivity index (χ0n) is 15.5. The smallest absolute Gasteiger partial charge is 0.390 e. The van der Waals surface area contributed by atoms with Crippen LogP contribution in [0.3, 0.4) is 0 Å². The molecule has 0 radical (unpaired) electrons. The van der Waals surface area contributed by atoms with E-state index in [-0.39, 0.29) is 18.3 Å². The highest BCUT2D eigenvalue weighted by atomic mass is 19.4. The molecule has 8 nitrogen and oxygen atoms in total. The first-order valence-corrected chi connectivity index (χ1v) is 8.54. The number of aliphatic hydroxyl groups is 2. The minimum Gasteiger partial charge on any atom is -0.390 e. The summed E-state index contributed by atoms with van der Waals surface area (Å²) in [4.78, 5) is 17.2. The lowest BCUT2D eigenvalue weighted by Gasteiger charge is -2.31. The summed E-state index contributed by atoms with van der Waals surface area (Å²) >= 11 is 0. The van der Waals surface area contributed by atoms with Crippen LogP contribution in [0.25, 0.3) is 0 Å². The number of aromatic nitrogens is 2. The Balaban J connectivity index is 0.000000469. The number of aliphatic hydroxyl groups excluding tert-OH is 2. The van der Waals surface area contributed by atoms with Gasteiger partial charge in [0, 0.05) is 19.6 Å². The molecule has 5 N–H and O–H groups in total. The molecule has 1 aliphatic rings. The van der Waals surface area contributed by atoms with Gasteiger partial charge in [0.1, 0.15) is 18.0 Å². The standard InChI is InChI=1S/C9H17NO4.C5H4F3N3.C2H6/c1-2-8(12)10-5-7-9(13)6(11)3-4-14-7;6-5(7,8)3-1-10-2-4(9)11-3;1-2/h6-7,9,11,13H,2-5H2,1H3,(H,10,12);1-2H,(H2,9,11);1-2H3. The second kappa shape index (κ2) is 12.4. The molecular weight excluding hydrogens is 369 g/mol. The van der Waals surface area contributed by atoms with Crippen LogP contribution in [0.1, 0.15) is 39.3 Å². The summed E-state index contributed by atoms with van der Waals surface area (Å²) in [5.74, 6) is -0.319. The fourth-order valence-corrected chi connectivity index (χ4v) is 1.89. The highest BCUT2D eigenvalue weighted by Crippen LogP contribution is 2.26. The van der Waals surface area contributed by atoms with Crippen LogP contribution >= 0.6 is 0 Å². The van der Waals surface area contributed by atoms with Crippen molar-refractivity contribution in [2.45, 2.75) is 58.1 Å². The monoisotopic (exact) mass is 396 g/mol. The fraction of sp³-hybridized carbons (Fsp3) is 0.688. The lowest BCUT2D eigenvalue weighted by molar-refractivity contribution is -0.141. The molecule has 1 aromatic rings. The first-order chi connectivity index (χ1) is 12.6. The lowest BCUT2D eigenvalue weighted by Crippen LogP contribution is -2.49. The average molecular weight is 396 g/mol. The first kappa shape index (κ1) is 25.0. The SMILES string of the molecule is CC.CCC(=O)NCC1OCCC(O)C1O.Nc1cncc(C(F)(F)F)n1. The van der Waals surface area contributed by atoms with Crippen molar-refractivity contribution in [3.63, 3.8) is 0 Å². The zero-order chi connectivity index (χ0) is 21.0. The van der Waals surface area contributed by atoms with Crippen LogP contribution in [0.5, 0.6) is 0 Å². The summed E-state index contributed by atoms with van der Waals surface area (Å²) in [7, 11) is 0. The Kier molecular flexibility index (Phi) is 11.5. The number of hydrogen-bond donors (Lipinski definition) is 4. The predicted molar refractivity (Wildman–Crippen MR) is 92.5 cm³/mol. The maximum Gasteiger partial charge on any atom is 0.434 e. The Morgan fingerprint density at radius 2 is 2.00 bits per heavy atom. The minimum absolute atomic E-state index is 0.0825. The molecule has 2 rings (SSSR count). The number of amides is 1. The van der Waals surface area contributed by atoms with Gasteiger partial charge in [0.05, 0.1) is 18.5 Å². The van der Waals surface area contributed by atoms with Gasteiger partial charge in [-0.25, -0.2) is 4.98 Å². The Hall–Kier alpha value is -1.98. The second-order valence-corrected chi connectivity index (χ2v) is 5.24. The summed E-state index contributed by atoms with van der Waals surface area (Å²) in [6, 6.07) is 0. The molecule has 1 fully saturated rings. The van der Waals surface area contributed by atoms with Crippen molar-refractivity contribution in [2.75, 3.05) is 18.9 Å². The van der Waals surface area contributed by atoms with Crippen molar-refractivity contribution in [1.82, 2.24) is 15.3 Å². The van der Waals surface area contributed by atoms with Gasteiger partial charge >= 0.3 is 6.18 Å². The fourth-order valence-electron chi connectivity index (χ4n) is 1.89. The third-order valence-electron chi connectivity index (χ3n) is 3.29. The number of ether oxygens (including phenoxy) is 1. The summed E-state index contributed by atoms with van der Waals surface area (Å²) < 4.78 is 40.7. The van der Waals surface area contributed by atoms with E-state index in [0.29, 0.717) is 25.6 Å². The molecule has 27 heavy (non-hydrogen) atoms. The molecule has 1 amide bonds. The number of nitrogens with zero attached hydrogens (tertiary/aromatic N) is 2. The zero-order valence-corrected chi connectivity index (χ0v) is 15.5. The van der Waals surface area contributed by atoms with Crippen LogP contribution in [-0.4, -0.2) is 57.6 Å². The van der Waals surface area contributed by atoms with E-state index in [1.807, 2.05) is 13.8 Å². The molecule has 1 saturated heterocycles. The molecule has 2 heterocycles. The quantitative estimate of drug-likeness (QED) is 0.602. The van der Waals surface area contributed by atoms with Crippen LogP contribution < -0.4 is 11.1 Å². The molecule has 156 valence electrons. The maximum atomic E-state index is 11.8. The number of alkyl halides is 3. The first-order valence-electron chi connectivity index (χ1n) is 8.54. The number of halogens is 3.